The fourth-order valence-corrected chi connectivity index (χ4v) is 1.43. The van der Waals surface area contributed by atoms with Gasteiger partial charge in [0.15, 0.2) is 0 Å². The Bertz CT molecular complexity index is 276. The highest BCUT2D eigenvalue weighted by molar-refractivity contribution is 5.22. The van der Waals surface area contributed by atoms with E-state index in [0.29, 0.717) is 6.61 Å². The summed E-state index contributed by atoms with van der Waals surface area (Å²) in [7, 11) is 1.70. The first kappa shape index (κ1) is 12.2. The van der Waals surface area contributed by atoms with E-state index in [-0.39, 0.29) is 6.61 Å². The van der Waals surface area contributed by atoms with E-state index >= 15 is 0 Å². The van der Waals surface area contributed by atoms with Gasteiger partial charge >= 0.3 is 0 Å². The summed E-state index contributed by atoms with van der Waals surface area (Å²) < 4.78 is 5.07. The normalized spacial score (nSPS) is 10.5. The van der Waals surface area contributed by atoms with Crippen LogP contribution in [0.5, 0.6) is 0 Å². The van der Waals surface area contributed by atoms with Crippen molar-refractivity contribution in [3.05, 3.63) is 35.4 Å². The minimum Gasteiger partial charge on any atom is -0.396 e. The van der Waals surface area contributed by atoms with Crippen LogP contribution in [0.4, 0.5) is 0 Å². The van der Waals surface area contributed by atoms with E-state index < -0.39 is 0 Å². The molecular weight excluding hydrogens is 190 g/mol. The molecule has 0 aliphatic carbocycles. The smallest absolute Gasteiger partial charge is 0.0713 e. The van der Waals surface area contributed by atoms with Crippen LogP contribution in [0.15, 0.2) is 24.3 Å². The van der Waals surface area contributed by atoms with Crippen molar-refractivity contribution in [2.75, 3.05) is 20.3 Å². The predicted octanol–water partition coefficient (Wildman–Crippen LogP) is 1.30. The summed E-state index contributed by atoms with van der Waals surface area (Å²) in [6, 6.07) is 8.32. The zero-order valence-corrected chi connectivity index (χ0v) is 9.20. The lowest BCUT2D eigenvalue weighted by Crippen LogP contribution is -2.15. The Morgan fingerprint density at radius 1 is 1.33 bits per heavy atom. The maximum Gasteiger partial charge on any atom is 0.0713 e. The van der Waals surface area contributed by atoms with Crippen LogP contribution in [0.2, 0.25) is 0 Å². The molecule has 0 amide bonds. The van der Waals surface area contributed by atoms with Crippen molar-refractivity contribution in [1.29, 1.82) is 0 Å². The first-order valence-corrected chi connectivity index (χ1v) is 5.25. The molecule has 0 aliphatic heterocycles. The second kappa shape index (κ2) is 7.40. The largest absolute Gasteiger partial charge is 0.396 e. The van der Waals surface area contributed by atoms with E-state index in [1.54, 1.807) is 7.11 Å². The fourth-order valence-electron chi connectivity index (χ4n) is 1.43. The highest BCUT2D eigenvalue weighted by atomic mass is 16.5. The molecule has 0 radical (unpaired) electrons. The van der Waals surface area contributed by atoms with E-state index in [4.69, 9.17) is 9.84 Å². The number of aliphatic hydroxyl groups excluding tert-OH is 1. The minimum atomic E-state index is 0.247. The van der Waals surface area contributed by atoms with Gasteiger partial charge in [0.2, 0.25) is 0 Å². The van der Waals surface area contributed by atoms with E-state index in [0.717, 1.165) is 19.5 Å². The number of nitrogens with one attached hydrogen (secondary N) is 1. The van der Waals surface area contributed by atoms with Crippen LogP contribution in [-0.2, 0) is 17.9 Å². The maximum atomic E-state index is 8.62. The molecule has 0 aromatic heterocycles. The van der Waals surface area contributed by atoms with Gasteiger partial charge in [-0.25, -0.2) is 0 Å². The lowest BCUT2D eigenvalue weighted by atomic mass is 10.1. The van der Waals surface area contributed by atoms with Crippen LogP contribution in [0.25, 0.3) is 0 Å². The van der Waals surface area contributed by atoms with Gasteiger partial charge < -0.3 is 15.2 Å². The molecule has 1 aromatic rings. The Morgan fingerprint density at radius 3 is 2.87 bits per heavy atom. The first-order valence-electron chi connectivity index (χ1n) is 5.25. The van der Waals surface area contributed by atoms with Crippen molar-refractivity contribution in [1.82, 2.24) is 5.32 Å². The van der Waals surface area contributed by atoms with E-state index in [2.05, 4.69) is 23.5 Å². The second-order valence-corrected chi connectivity index (χ2v) is 3.51. The van der Waals surface area contributed by atoms with Crippen molar-refractivity contribution in [3.63, 3.8) is 0 Å². The van der Waals surface area contributed by atoms with Crippen molar-refractivity contribution in [2.24, 2.45) is 0 Å². The average molecular weight is 209 g/mol. The van der Waals surface area contributed by atoms with Gasteiger partial charge in [0.25, 0.3) is 0 Å². The first-order chi connectivity index (χ1) is 7.36. The van der Waals surface area contributed by atoms with Crippen molar-refractivity contribution in [3.8, 4) is 0 Å². The third-order valence-electron chi connectivity index (χ3n) is 2.14. The predicted molar refractivity (Wildman–Crippen MR) is 60.6 cm³/mol. The monoisotopic (exact) mass is 209 g/mol. The second-order valence-electron chi connectivity index (χ2n) is 3.51. The Labute approximate surface area is 91.1 Å². The lowest BCUT2D eigenvalue weighted by molar-refractivity contribution is 0.185. The molecule has 1 rings (SSSR count). The number of aliphatic hydroxyl groups is 1. The van der Waals surface area contributed by atoms with Gasteiger partial charge in [-0.05, 0) is 24.1 Å². The fraction of sp³-hybridized carbons (Fsp3) is 0.500. The number of hydrogen-bond acceptors (Lipinski definition) is 3. The third kappa shape index (κ3) is 4.93. The Balaban J connectivity index is 2.36. The Hall–Kier alpha value is -0.900. The van der Waals surface area contributed by atoms with Crippen LogP contribution in [0, 0.1) is 0 Å². The highest BCUT2D eigenvalue weighted by Gasteiger charge is 1.95. The summed E-state index contributed by atoms with van der Waals surface area (Å²) in [5, 5.41) is 11.9. The molecule has 0 aliphatic rings. The van der Waals surface area contributed by atoms with Gasteiger partial charge in [0.05, 0.1) is 6.61 Å². The quantitative estimate of drug-likeness (QED) is 0.665. The van der Waals surface area contributed by atoms with Gasteiger partial charge in [0, 0.05) is 20.3 Å². The summed E-state index contributed by atoms with van der Waals surface area (Å²) in [5.74, 6) is 0. The number of methoxy groups -OCH3 is 1. The molecule has 2 N–H and O–H groups in total. The van der Waals surface area contributed by atoms with E-state index in [9.17, 15) is 0 Å². The Kier molecular flexibility index (Phi) is 6.00. The number of ether oxygens (including phenoxy) is 1. The molecule has 0 unspecified atom stereocenters. The molecule has 15 heavy (non-hydrogen) atoms. The molecular formula is C12H19NO2. The topological polar surface area (TPSA) is 41.5 Å². The van der Waals surface area contributed by atoms with Gasteiger partial charge in [-0.1, -0.05) is 24.3 Å². The molecule has 0 bridgehead atoms. The van der Waals surface area contributed by atoms with Gasteiger partial charge in [-0.3, -0.25) is 0 Å². The summed E-state index contributed by atoms with van der Waals surface area (Å²) in [6.45, 7) is 2.60. The average Bonchev–Trinajstić information content (AvgIpc) is 2.26. The molecule has 3 nitrogen and oxygen atoms in total. The molecule has 1 aromatic carbocycles. The summed E-state index contributed by atoms with van der Waals surface area (Å²) >= 11 is 0. The molecule has 84 valence electrons. The minimum absolute atomic E-state index is 0.247. The highest BCUT2D eigenvalue weighted by Crippen LogP contribution is 2.05. The van der Waals surface area contributed by atoms with Crippen molar-refractivity contribution >= 4 is 0 Å². The molecule has 0 spiro atoms. The van der Waals surface area contributed by atoms with Crippen molar-refractivity contribution < 1.29 is 9.84 Å². The molecule has 0 fully saturated rings. The zero-order valence-electron chi connectivity index (χ0n) is 9.20. The summed E-state index contributed by atoms with van der Waals surface area (Å²) in [4.78, 5) is 0. The van der Waals surface area contributed by atoms with Crippen LogP contribution < -0.4 is 5.32 Å². The number of hydrogen-bond donors (Lipinski definition) is 2. The van der Waals surface area contributed by atoms with E-state index in [1.165, 1.54) is 11.1 Å². The number of rotatable bonds is 7. The molecule has 0 saturated carbocycles. The van der Waals surface area contributed by atoms with Gasteiger partial charge in [-0.2, -0.15) is 0 Å². The van der Waals surface area contributed by atoms with E-state index in [1.807, 2.05) is 6.07 Å². The van der Waals surface area contributed by atoms with Gasteiger partial charge in [0.1, 0.15) is 0 Å². The molecule has 0 atom stereocenters. The van der Waals surface area contributed by atoms with Gasteiger partial charge in [-0.15, -0.1) is 0 Å². The van der Waals surface area contributed by atoms with Crippen LogP contribution in [0.3, 0.4) is 0 Å². The molecule has 0 saturated heterocycles. The standard InChI is InChI=1S/C12H19NO2/c1-15-10-12-5-2-4-11(8-12)9-13-6-3-7-14/h2,4-5,8,13-14H,3,6-7,9-10H2,1H3. The molecule has 0 heterocycles. The maximum absolute atomic E-state index is 8.62. The number of benzene rings is 1. The molecule has 3 heteroatoms. The summed E-state index contributed by atoms with van der Waals surface area (Å²) in [6.07, 6.45) is 0.803. The zero-order chi connectivity index (χ0) is 10.9. The SMILES string of the molecule is COCc1cccc(CNCCCO)c1. The third-order valence-corrected chi connectivity index (χ3v) is 2.14. The summed E-state index contributed by atoms with van der Waals surface area (Å²) in [5.41, 5.74) is 2.45. The lowest BCUT2D eigenvalue weighted by Gasteiger charge is -2.06. The van der Waals surface area contributed by atoms with Crippen LogP contribution >= 0.6 is 0 Å². The van der Waals surface area contributed by atoms with Crippen LogP contribution in [0.1, 0.15) is 17.5 Å². The Morgan fingerprint density at radius 2 is 2.13 bits per heavy atom. The van der Waals surface area contributed by atoms with Crippen LogP contribution in [-0.4, -0.2) is 25.4 Å². The van der Waals surface area contributed by atoms with Crippen molar-refractivity contribution in [2.45, 2.75) is 19.6 Å².